The molecule has 0 aromatic carbocycles. The molecule has 0 aliphatic heterocycles. The van der Waals surface area contributed by atoms with Crippen LogP contribution in [0, 0.1) is 11.8 Å². The Morgan fingerprint density at radius 3 is 2.29 bits per heavy atom. The SMILES string of the molecule is C=CC[C@H](NC(=O)OC(C)(C)C)C(=O)N[C@@H](CCCCCC1CCCCC1)[C@@H](O)[C@@H](O)CC(C)C. The van der Waals surface area contributed by atoms with E-state index in [1.165, 1.54) is 38.5 Å². The lowest BCUT2D eigenvalue weighted by Gasteiger charge is -2.30. The fourth-order valence-electron chi connectivity index (χ4n) is 4.80. The standard InChI is InChI=1S/C28H52N2O5/c1-7-14-23(30-27(34)35-28(4,5)6)26(33)29-22(25(32)24(31)19-20(2)3)18-13-9-12-17-21-15-10-8-11-16-21/h7,20-25,31-32H,1,8-19H2,2-6H3,(H,29,33)(H,30,34)/t22-,23-,24-,25+/m0/s1. The van der Waals surface area contributed by atoms with E-state index in [1.54, 1.807) is 26.8 Å². The van der Waals surface area contributed by atoms with Gasteiger partial charge in [-0.15, -0.1) is 6.58 Å². The van der Waals surface area contributed by atoms with E-state index < -0.39 is 41.9 Å². The summed E-state index contributed by atoms with van der Waals surface area (Å²) in [4.78, 5) is 25.3. The third kappa shape index (κ3) is 13.9. The zero-order valence-corrected chi connectivity index (χ0v) is 22.9. The van der Waals surface area contributed by atoms with Gasteiger partial charge in [0, 0.05) is 0 Å². The molecule has 0 aromatic heterocycles. The fourth-order valence-corrected chi connectivity index (χ4v) is 4.80. The van der Waals surface area contributed by atoms with Crippen LogP contribution in [0.1, 0.15) is 112 Å². The van der Waals surface area contributed by atoms with Crippen LogP contribution in [0.25, 0.3) is 0 Å². The topological polar surface area (TPSA) is 108 Å². The van der Waals surface area contributed by atoms with Crippen molar-refractivity contribution in [2.24, 2.45) is 11.8 Å². The Balaban J connectivity index is 2.72. The Labute approximate surface area is 213 Å². The van der Waals surface area contributed by atoms with Crippen LogP contribution in [-0.2, 0) is 9.53 Å². The van der Waals surface area contributed by atoms with E-state index in [0.717, 1.165) is 25.2 Å². The predicted octanol–water partition coefficient (Wildman–Crippen LogP) is 5.24. The molecule has 0 aromatic rings. The Bertz CT molecular complexity index is 625. The lowest BCUT2D eigenvalue weighted by Crippen LogP contribution is -2.55. The van der Waals surface area contributed by atoms with Gasteiger partial charge in [0.15, 0.2) is 0 Å². The van der Waals surface area contributed by atoms with Crippen LogP contribution in [0.3, 0.4) is 0 Å². The van der Waals surface area contributed by atoms with Gasteiger partial charge >= 0.3 is 6.09 Å². The minimum atomic E-state index is -1.08. The number of aliphatic hydroxyl groups is 2. The number of aliphatic hydroxyl groups excluding tert-OH is 2. The maximum atomic E-state index is 13.1. The number of nitrogens with one attached hydrogen (secondary N) is 2. The third-order valence-corrected chi connectivity index (χ3v) is 6.61. The van der Waals surface area contributed by atoms with Crippen molar-refractivity contribution in [2.75, 3.05) is 0 Å². The molecule has 1 rings (SSSR count). The van der Waals surface area contributed by atoms with Crippen molar-refractivity contribution < 1.29 is 24.5 Å². The molecular formula is C28H52N2O5. The van der Waals surface area contributed by atoms with Gasteiger partial charge in [-0.2, -0.15) is 0 Å². The van der Waals surface area contributed by atoms with Gasteiger partial charge in [0.2, 0.25) is 5.91 Å². The van der Waals surface area contributed by atoms with Gasteiger partial charge in [-0.1, -0.05) is 77.7 Å². The molecule has 4 N–H and O–H groups in total. The second-order valence-corrected chi connectivity index (χ2v) is 11.7. The van der Waals surface area contributed by atoms with E-state index in [-0.39, 0.29) is 12.3 Å². The van der Waals surface area contributed by atoms with Gasteiger partial charge in [-0.05, 0) is 51.9 Å². The first-order valence-electron chi connectivity index (χ1n) is 13.7. The molecule has 1 aliphatic carbocycles. The Kier molecular flexibility index (Phi) is 14.6. The number of carbonyl (C=O) groups is 2. The minimum Gasteiger partial charge on any atom is -0.444 e. The zero-order chi connectivity index (χ0) is 26.4. The maximum Gasteiger partial charge on any atom is 0.408 e. The minimum absolute atomic E-state index is 0.217. The monoisotopic (exact) mass is 496 g/mol. The Morgan fingerprint density at radius 1 is 1.06 bits per heavy atom. The molecule has 0 bridgehead atoms. The molecule has 0 saturated heterocycles. The average Bonchev–Trinajstić information content (AvgIpc) is 2.76. The Morgan fingerprint density at radius 2 is 1.71 bits per heavy atom. The predicted molar refractivity (Wildman–Crippen MR) is 141 cm³/mol. The molecule has 7 nitrogen and oxygen atoms in total. The van der Waals surface area contributed by atoms with Gasteiger partial charge in [-0.25, -0.2) is 4.79 Å². The van der Waals surface area contributed by atoms with E-state index >= 15 is 0 Å². The molecule has 0 spiro atoms. The highest BCUT2D eigenvalue weighted by atomic mass is 16.6. The normalized spacial score (nSPS) is 18.4. The second kappa shape index (κ2) is 16.2. The number of amides is 2. The summed E-state index contributed by atoms with van der Waals surface area (Å²) in [7, 11) is 0. The number of hydrogen-bond donors (Lipinski definition) is 4. The van der Waals surface area contributed by atoms with Gasteiger partial charge in [0.1, 0.15) is 11.6 Å². The summed E-state index contributed by atoms with van der Waals surface area (Å²) in [6, 6.07) is -1.47. The number of rotatable bonds is 15. The van der Waals surface area contributed by atoms with Crippen LogP contribution in [0.4, 0.5) is 4.79 Å². The summed E-state index contributed by atoms with van der Waals surface area (Å²) >= 11 is 0. The second-order valence-electron chi connectivity index (χ2n) is 11.7. The van der Waals surface area contributed by atoms with Crippen molar-refractivity contribution in [3.8, 4) is 0 Å². The summed E-state index contributed by atoms with van der Waals surface area (Å²) in [5, 5.41) is 26.9. The summed E-state index contributed by atoms with van der Waals surface area (Å²) in [6.45, 7) is 12.9. The molecule has 1 aliphatic rings. The average molecular weight is 497 g/mol. The molecular weight excluding hydrogens is 444 g/mol. The first-order valence-corrected chi connectivity index (χ1v) is 13.7. The Hall–Kier alpha value is -1.60. The highest BCUT2D eigenvalue weighted by Crippen LogP contribution is 2.28. The summed E-state index contributed by atoms with van der Waals surface area (Å²) < 4.78 is 5.29. The maximum absolute atomic E-state index is 13.1. The van der Waals surface area contributed by atoms with E-state index in [2.05, 4.69) is 17.2 Å². The van der Waals surface area contributed by atoms with Crippen LogP contribution in [0.5, 0.6) is 0 Å². The summed E-state index contributed by atoms with van der Waals surface area (Å²) in [5.41, 5.74) is -0.684. The van der Waals surface area contributed by atoms with Crippen LogP contribution < -0.4 is 10.6 Å². The van der Waals surface area contributed by atoms with Gasteiger partial charge in [0.05, 0.1) is 18.2 Å². The van der Waals surface area contributed by atoms with Crippen LogP contribution in [-0.4, -0.2) is 52.1 Å². The number of hydrogen-bond acceptors (Lipinski definition) is 5. The van der Waals surface area contributed by atoms with Crippen molar-refractivity contribution >= 4 is 12.0 Å². The van der Waals surface area contributed by atoms with Crippen molar-refractivity contribution in [1.29, 1.82) is 0 Å². The highest BCUT2D eigenvalue weighted by Gasteiger charge is 2.31. The lowest BCUT2D eigenvalue weighted by molar-refractivity contribution is -0.125. The van der Waals surface area contributed by atoms with Crippen molar-refractivity contribution in [3.63, 3.8) is 0 Å². The molecule has 4 atom stereocenters. The molecule has 2 amide bonds. The summed E-state index contributed by atoms with van der Waals surface area (Å²) in [6.07, 6.45) is 11.1. The van der Waals surface area contributed by atoms with E-state index in [4.69, 9.17) is 4.74 Å². The highest BCUT2D eigenvalue weighted by molar-refractivity contribution is 5.86. The molecule has 0 heterocycles. The first kappa shape index (κ1) is 31.4. The molecule has 1 saturated carbocycles. The molecule has 204 valence electrons. The van der Waals surface area contributed by atoms with Crippen molar-refractivity contribution in [2.45, 2.75) is 142 Å². The zero-order valence-electron chi connectivity index (χ0n) is 22.9. The van der Waals surface area contributed by atoms with E-state index in [0.29, 0.717) is 12.8 Å². The summed E-state index contributed by atoms with van der Waals surface area (Å²) in [5.74, 6) is 0.642. The van der Waals surface area contributed by atoms with Crippen LogP contribution in [0.15, 0.2) is 12.7 Å². The third-order valence-electron chi connectivity index (χ3n) is 6.61. The van der Waals surface area contributed by atoms with Crippen LogP contribution >= 0.6 is 0 Å². The van der Waals surface area contributed by atoms with Gasteiger partial charge in [0.25, 0.3) is 0 Å². The van der Waals surface area contributed by atoms with Gasteiger partial charge < -0.3 is 25.6 Å². The van der Waals surface area contributed by atoms with Crippen molar-refractivity contribution in [3.05, 3.63) is 12.7 Å². The molecule has 35 heavy (non-hydrogen) atoms. The lowest BCUT2D eigenvalue weighted by atomic mass is 9.85. The largest absolute Gasteiger partial charge is 0.444 e. The number of carbonyl (C=O) groups excluding carboxylic acids is 2. The smallest absolute Gasteiger partial charge is 0.408 e. The van der Waals surface area contributed by atoms with E-state index in [1.807, 2.05) is 13.8 Å². The molecule has 0 radical (unpaired) electrons. The number of ether oxygens (including phenoxy) is 1. The molecule has 7 heteroatoms. The number of alkyl carbamates (subject to hydrolysis) is 1. The van der Waals surface area contributed by atoms with Gasteiger partial charge in [-0.3, -0.25) is 4.79 Å². The molecule has 0 unspecified atom stereocenters. The first-order chi connectivity index (χ1) is 16.4. The molecule has 1 fully saturated rings. The van der Waals surface area contributed by atoms with Crippen molar-refractivity contribution in [1.82, 2.24) is 10.6 Å². The van der Waals surface area contributed by atoms with E-state index in [9.17, 15) is 19.8 Å². The fraction of sp³-hybridized carbons (Fsp3) is 0.857. The van der Waals surface area contributed by atoms with Crippen LogP contribution in [0.2, 0.25) is 0 Å². The number of unbranched alkanes of at least 4 members (excludes halogenated alkanes) is 2. The quantitative estimate of drug-likeness (QED) is 0.183.